The fourth-order valence-corrected chi connectivity index (χ4v) is 2.38. The number of halogens is 3. The molecule has 0 aromatic heterocycles. The fraction of sp³-hybridized carbons (Fsp3) is 0.176. The molecule has 0 fully saturated rings. The predicted molar refractivity (Wildman–Crippen MR) is 92.6 cm³/mol. The lowest BCUT2D eigenvalue weighted by Crippen LogP contribution is -2.31. The minimum absolute atomic E-state index is 0.254. The number of carbonyl (C=O) groups excluding carboxylic acids is 1. The van der Waals surface area contributed by atoms with Gasteiger partial charge in [-0.05, 0) is 30.3 Å². The van der Waals surface area contributed by atoms with Gasteiger partial charge < -0.3 is 5.32 Å². The van der Waals surface area contributed by atoms with Crippen molar-refractivity contribution in [3.63, 3.8) is 0 Å². The van der Waals surface area contributed by atoms with Crippen LogP contribution in [0.4, 0.5) is 20.2 Å². The van der Waals surface area contributed by atoms with Crippen molar-refractivity contribution in [2.45, 2.75) is 6.43 Å². The first kappa shape index (κ1) is 17.9. The van der Waals surface area contributed by atoms with E-state index >= 15 is 0 Å². The van der Waals surface area contributed by atoms with Gasteiger partial charge in [0, 0.05) is 23.3 Å². The van der Waals surface area contributed by atoms with Gasteiger partial charge in [-0.1, -0.05) is 29.8 Å². The Morgan fingerprint density at radius 3 is 2.58 bits per heavy atom. The summed E-state index contributed by atoms with van der Waals surface area (Å²) in [6.45, 7) is -0.541. The number of para-hydroxylation sites is 1. The van der Waals surface area contributed by atoms with Crippen molar-refractivity contribution in [2.24, 2.45) is 4.99 Å². The Hall–Kier alpha value is -2.47. The highest BCUT2D eigenvalue weighted by Crippen LogP contribution is 2.30. The smallest absolute Gasteiger partial charge is 0.255 e. The number of nitrogens with zero attached hydrogens (tertiary/aromatic N) is 2. The topological polar surface area (TPSA) is 44.7 Å². The monoisotopic (exact) mass is 351 g/mol. The highest BCUT2D eigenvalue weighted by Gasteiger charge is 2.17. The minimum Gasteiger partial charge on any atom is -0.364 e. The zero-order valence-corrected chi connectivity index (χ0v) is 13.7. The Morgan fingerprint density at radius 1 is 1.29 bits per heavy atom. The van der Waals surface area contributed by atoms with E-state index in [1.807, 2.05) is 6.07 Å². The lowest BCUT2D eigenvalue weighted by molar-refractivity contribution is -0.106. The molecule has 2 aromatic carbocycles. The summed E-state index contributed by atoms with van der Waals surface area (Å²) in [6.07, 6.45) is -1.88. The number of alkyl halides is 2. The molecule has 0 spiro atoms. The molecule has 1 amide bonds. The zero-order valence-electron chi connectivity index (χ0n) is 12.9. The summed E-state index contributed by atoms with van der Waals surface area (Å²) in [6, 6.07) is 13.8. The Balaban J connectivity index is 2.48. The number of amidine groups is 1. The number of nitrogens with one attached hydrogen (secondary N) is 1. The van der Waals surface area contributed by atoms with Crippen molar-refractivity contribution < 1.29 is 13.6 Å². The van der Waals surface area contributed by atoms with Crippen LogP contribution >= 0.6 is 11.6 Å². The van der Waals surface area contributed by atoms with Crippen molar-refractivity contribution in [2.75, 3.05) is 18.5 Å². The van der Waals surface area contributed by atoms with Gasteiger partial charge in [-0.15, -0.1) is 0 Å². The van der Waals surface area contributed by atoms with Crippen molar-refractivity contribution in [3.8, 4) is 0 Å². The molecular formula is C17H16ClF2N3O. The van der Waals surface area contributed by atoms with E-state index in [-0.39, 0.29) is 5.84 Å². The number of hydrogen-bond acceptors (Lipinski definition) is 2. The normalized spacial score (nSPS) is 11.5. The maximum atomic E-state index is 12.5. The Labute approximate surface area is 143 Å². The standard InChI is InChI=1S/C17H16ClF2N3O/c1-21-17(22-10-16(19)20)14-8-7-12(18)9-15(14)23(11-24)13-5-3-2-4-6-13/h2-9,11,16H,10H2,1H3,(H,21,22). The number of hydrogen-bond donors (Lipinski definition) is 1. The zero-order chi connectivity index (χ0) is 17.5. The second kappa shape index (κ2) is 8.40. The summed E-state index contributed by atoms with van der Waals surface area (Å²) in [5.74, 6) is 0.254. The van der Waals surface area contributed by atoms with E-state index in [2.05, 4.69) is 10.3 Å². The van der Waals surface area contributed by atoms with Gasteiger partial charge in [-0.2, -0.15) is 0 Å². The van der Waals surface area contributed by atoms with E-state index in [1.165, 1.54) is 11.9 Å². The van der Waals surface area contributed by atoms with E-state index in [0.29, 0.717) is 28.4 Å². The van der Waals surface area contributed by atoms with Crippen molar-refractivity contribution in [3.05, 3.63) is 59.1 Å². The van der Waals surface area contributed by atoms with E-state index in [9.17, 15) is 13.6 Å². The largest absolute Gasteiger partial charge is 0.364 e. The molecule has 0 unspecified atom stereocenters. The molecule has 24 heavy (non-hydrogen) atoms. The summed E-state index contributed by atoms with van der Waals surface area (Å²) in [7, 11) is 1.49. The summed E-state index contributed by atoms with van der Waals surface area (Å²) in [5.41, 5.74) is 1.57. The first-order valence-corrected chi connectivity index (χ1v) is 7.53. The molecule has 0 bridgehead atoms. The number of rotatable bonds is 6. The number of anilines is 2. The summed E-state index contributed by atoms with van der Waals surface area (Å²) in [4.78, 5) is 17.1. The SMILES string of the molecule is C/N=C(/NCC(F)F)c1ccc(Cl)cc1N(C=O)c1ccccc1. The molecule has 0 saturated carbocycles. The average Bonchev–Trinajstić information content (AvgIpc) is 2.58. The van der Waals surface area contributed by atoms with Crippen LogP contribution in [0, 0.1) is 0 Å². The van der Waals surface area contributed by atoms with Gasteiger partial charge in [0.1, 0.15) is 5.84 Å². The van der Waals surface area contributed by atoms with E-state index in [0.717, 1.165) is 0 Å². The molecule has 0 atom stereocenters. The van der Waals surface area contributed by atoms with Crippen LogP contribution in [0.3, 0.4) is 0 Å². The highest BCUT2D eigenvalue weighted by atomic mass is 35.5. The van der Waals surface area contributed by atoms with Crippen molar-refractivity contribution in [1.29, 1.82) is 0 Å². The first-order valence-electron chi connectivity index (χ1n) is 7.15. The average molecular weight is 352 g/mol. The second-order valence-electron chi connectivity index (χ2n) is 4.82. The Morgan fingerprint density at radius 2 is 2.00 bits per heavy atom. The predicted octanol–water partition coefficient (Wildman–Crippen LogP) is 3.87. The van der Waals surface area contributed by atoms with Crippen LogP contribution in [0.1, 0.15) is 5.56 Å². The summed E-state index contributed by atoms with van der Waals surface area (Å²) < 4.78 is 25.0. The molecule has 2 aromatic rings. The third kappa shape index (κ3) is 4.29. The molecule has 0 aliphatic carbocycles. The van der Waals surface area contributed by atoms with Crippen LogP contribution in [-0.4, -0.2) is 32.3 Å². The third-order valence-corrected chi connectivity index (χ3v) is 3.50. The van der Waals surface area contributed by atoms with Gasteiger partial charge in [0.2, 0.25) is 6.41 Å². The van der Waals surface area contributed by atoms with E-state index < -0.39 is 13.0 Å². The Kier molecular flexibility index (Phi) is 6.26. The van der Waals surface area contributed by atoms with Crippen LogP contribution in [-0.2, 0) is 4.79 Å². The molecule has 0 heterocycles. The molecule has 126 valence electrons. The third-order valence-electron chi connectivity index (χ3n) is 3.26. The fourth-order valence-electron chi connectivity index (χ4n) is 2.22. The van der Waals surface area contributed by atoms with Crippen molar-refractivity contribution >= 4 is 35.2 Å². The van der Waals surface area contributed by atoms with Crippen LogP contribution in [0.15, 0.2) is 53.5 Å². The molecule has 7 heteroatoms. The number of benzene rings is 2. The molecular weight excluding hydrogens is 336 g/mol. The number of aliphatic imine (C=N–C) groups is 1. The lowest BCUT2D eigenvalue weighted by Gasteiger charge is -2.22. The van der Waals surface area contributed by atoms with E-state index in [1.54, 1.807) is 42.5 Å². The maximum Gasteiger partial charge on any atom is 0.255 e. The first-order chi connectivity index (χ1) is 11.6. The van der Waals surface area contributed by atoms with Gasteiger partial charge in [0.05, 0.1) is 12.2 Å². The van der Waals surface area contributed by atoms with Crippen LogP contribution in [0.25, 0.3) is 0 Å². The molecule has 1 N–H and O–H groups in total. The van der Waals surface area contributed by atoms with E-state index in [4.69, 9.17) is 11.6 Å². The summed E-state index contributed by atoms with van der Waals surface area (Å²) in [5, 5.41) is 3.01. The lowest BCUT2D eigenvalue weighted by atomic mass is 10.1. The quantitative estimate of drug-likeness (QED) is 0.488. The second-order valence-corrected chi connectivity index (χ2v) is 5.25. The van der Waals surface area contributed by atoms with Gasteiger partial charge in [0.25, 0.3) is 6.43 Å². The molecule has 2 rings (SSSR count). The number of carbonyl (C=O) groups is 1. The molecule has 4 nitrogen and oxygen atoms in total. The van der Waals surface area contributed by atoms with Gasteiger partial charge in [-0.3, -0.25) is 14.7 Å². The maximum absolute atomic E-state index is 12.5. The van der Waals surface area contributed by atoms with Crippen LogP contribution < -0.4 is 10.2 Å². The molecule has 0 saturated heterocycles. The highest BCUT2D eigenvalue weighted by molar-refractivity contribution is 6.31. The van der Waals surface area contributed by atoms with Crippen LogP contribution in [0.5, 0.6) is 0 Å². The molecule has 0 aliphatic rings. The Bertz CT molecular complexity index is 723. The van der Waals surface area contributed by atoms with Crippen molar-refractivity contribution in [1.82, 2.24) is 5.32 Å². The minimum atomic E-state index is -2.52. The van der Waals surface area contributed by atoms with Gasteiger partial charge in [-0.25, -0.2) is 8.78 Å². The van der Waals surface area contributed by atoms with Gasteiger partial charge in [0.15, 0.2) is 0 Å². The van der Waals surface area contributed by atoms with Crippen LogP contribution in [0.2, 0.25) is 5.02 Å². The van der Waals surface area contributed by atoms with Gasteiger partial charge >= 0.3 is 0 Å². The molecule has 0 aliphatic heterocycles. The molecule has 0 radical (unpaired) electrons. The number of amides is 1. The summed E-state index contributed by atoms with van der Waals surface area (Å²) >= 11 is 6.06.